The molecule has 8 aromatic heterocycles. The second-order valence-electron chi connectivity index (χ2n) is 17.3. The third-order valence-electron chi connectivity index (χ3n) is 11.0. The fourth-order valence-electron chi connectivity index (χ4n) is 6.83. The van der Waals surface area contributed by atoms with Crippen molar-refractivity contribution in [2.75, 3.05) is 38.0 Å². The summed E-state index contributed by atoms with van der Waals surface area (Å²) in [5, 5.41) is 13.4. The van der Waals surface area contributed by atoms with E-state index < -0.39 is 75.6 Å². The minimum atomic E-state index is -4.75. The van der Waals surface area contributed by atoms with Gasteiger partial charge in [0, 0.05) is 61.8 Å². The summed E-state index contributed by atoms with van der Waals surface area (Å²) >= 11 is 0. The quantitative estimate of drug-likeness (QED) is 0.0732. The fraction of sp³-hybridized carbons (Fsp3) is 0.250. The largest absolute Gasteiger partial charge is 2.00 e. The maximum absolute atomic E-state index is 14.5. The Labute approximate surface area is 443 Å². The molecule has 0 N–H and O–H groups in total. The molecule has 0 unspecified atom stereocenters. The third kappa shape index (κ3) is 12.9. The van der Waals surface area contributed by atoms with E-state index >= 15 is 0 Å². The number of nitrogens with zero attached hydrogens (tertiary/aromatic N) is 12. The summed E-state index contributed by atoms with van der Waals surface area (Å²) in [6.45, 7) is 6.69. The Morgan fingerprint density at radius 1 is 0.419 bits per heavy atom. The molecule has 0 aliphatic rings. The van der Waals surface area contributed by atoms with Gasteiger partial charge in [0.2, 0.25) is 0 Å². The molecular formula is C48H36F12N12Pt2. The van der Waals surface area contributed by atoms with Gasteiger partial charge in [-0.3, -0.25) is 24.9 Å². The summed E-state index contributed by atoms with van der Waals surface area (Å²) in [7, 11) is 7.18. The number of hydrogen-bond donors (Lipinski definition) is 0. The van der Waals surface area contributed by atoms with Gasteiger partial charge in [0.25, 0.3) is 0 Å². The van der Waals surface area contributed by atoms with Crippen molar-refractivity contribution in [1.29, 1.82) is 0 Å². The van der Waals surface area contributed by atoms with Crippen molar-refractivity contribution in [2.45, 2.75) is 50.9 Å². The molecule has 0 bridgehead atoms. The Kier molecular flexibility index (Phi) is 17.4. The van der Waals surface area contributed by atoms with Crippen molar-refractivity contribution in [2.24, 2.45) is 0 Å². The molecule has 392 valence electrons. The van der Waals surface area contributed by atoms with Crippen LogP contribution in [0.3, 0.4) is 0 Å². The molecule has 0 saturated carbocycles. The number of pyridine rings is 6. The normalized spacial score (nSPS) is 11.8. The van der Waals surface area contributed by atoms with Crippen molar-refractivity contribution >= 4 is 11.4 Å². The first-order valence-corrected chi connectivity index (χ1v) is 20.9. The van der Waals surface area contributed by atoms with Gasteiger partial charge in [0.1, 0.15) is 46.8 Å². The van der Waals surface area contributed by atoms with Gasteiger partial charge in [0.05, 0.1) is 22.8 Å². The number of aromatic nitrogens is 10. The van der Waals surface area contributed by atoms with E-state index in [-0.39, 0.29) is 93.2 Å². The molecule has 0 aromatic carbocycles. The number of rotatable bonds is 10. The Hall–Kier alpha value is -6.54. The van der Waals surface area contributed by atoms with E-state index in [1.54, 1.807) is 62.3 Å². The van der Waals surface area contributed by atoms with Crippen LogP contribution in [-0.4, -0.2) is 68.3 Å². The monoisotopic (exact) mass is 1400 g/mol. The van der Waals surface area contributed by atoms with Crippen molar-refractivity contribution in [3.8, 4) is 45.3 Å². The van der Waals surface area contributed by atoms with E-state index in [4.69, 9.17) is 0 Å². The SMILES string of the molecule is CC(C)(c1cc(F)cc(-c2cc(C(F)(F)F)n[n-]2)n1)c1cc(F)cc(-c2[c-]cc(F)nc2F)n1.CN(C)c1cc(-c2cc(C(F)(F)F)n[n-]2)nc(C(C)(C)c2cc(N(C)C)cc(-c3[c-]cc(F)nc3F)n2)c1.[Pt+2].[Pt+2]. The van der Waals surface area contributed by atoms with E-state index in [9.17, 15) is 52.7 Å². The van der Waals surface area contributed by atoms with Gasteiger partial charge in [-0.1, -0.05) is 40.7 Å². The topological polar surface area (TPSA) is 138 Å². The number of alkyl halides is 6. The molecule has 8 heterocycles. The molecule has 0 aliphatic heterocycles. The van der Waals surface area contributed by atoms with Crippen molar-refractivity contribution < 1.29 is 94.8 Å². The molecule has 8 rings (SSSR count). The second kappa shape index (κ2) is 22.1. The van der Waals surface area contributed by atoms with Crippen LogP contribution < -0.4 is 20.0 Å². The van der Waals surface area contributed by atoms with Crippen LogP contribution in [0.15, 0.2) is 72.8 Å². The Morgan fingerprint density at radius 3 is 1.09 bits per heavy atom. The zero-order valence-electron chi connectivity index (χ0n) is 39.5. The van der Waals surface area contributed by atoms with Crippen LogP contribution in [0.1, 0.15) is 61.9 Å². The van der Waals surface area contributed by atoms with Crippen molar-refractivity contribution in [3.63, 3.8) is 0 Å². The fourth-order valence-corrected chi connectivity index (χ4v) is 6.83. The average molecular weight is 1400 g/mol. The van der Waals surface area contributed by atoms with Gasteiger partial charge < -0.3 is 35.2 Å². The maximum atomic E-state index is 14.5. The summed E-state index contributed by atoms with van der Waals surface area (Å²) in [6.07, 6.45) is -9.38. The van der Waals surface area contributed by atoms with Crippen LogP contribution in [-0.2, 0) is 65.3 Å². The molecule has 26 heteroatoms. The molecule has 74 heavy (non-hydrogen) atoms. The minimum absolute atomic E-state index is 0. The molecule has 0 radical (unpaired) electrons. The summed E-state index contributed by atoms with van der Waals surface area (Å²) in [5.74, 6) is -6.12. The predicted molar refractivity (Wildman–Crippen MR) is 237 cm³/mol. The first-order valence-electron chi connectivity index (χ1n) is 20.9. The number of hydrogen-bond acceptors (Lipinski definition) is 10. The smallest absolute Gasteiger partial charge is 0.573 e. The standard InChI is InChI=1S/C26H24F5N7.C22H12F7N5.2Pt/c1-25(2,20-11-14(37(3)4)9-17(32-20)16-7-8-23(27)34-24(16)28)21-12-15(38(5)6)10-18(33-21)19-13-22(36-35-19)26(29,30)31;1-21(2,16-7-10(23)5-13(30-16)12-3-4-19(25)32-20(12)26)17-8-11(24)6-14(31-17)15-9-18(34-33-15)22(27,28)29;;/h8-13H,1-6H3;4-9H,1-2H3;;/q2*-2;2*+2. The number of anilines is 2. The molecule has 0 saturated heterocycles. The molecule has 0 atom stereocenters. The molecule has 8 aromatic rings. The predicted octanol–water partition coefficient (Wildman–Crippen LogP) is 10.4. The first-order chi connectivity index (χ1) is 33.5. The molecule has 0 spiro atoms. The van der Waals surface area contributed by atoms with E-state index in [0.29, 0.717) is 28.8 Å². The molecule has 12 nitrogen and oxygen atoms in total. The van der Waals surface area contributed by atoms with Crippen LogP contribution in [0, 0.1) is 47.6 Å². The first kappa shape index (κ1) is 58.3. The van der Waals surface area contributed by atoms with E-state index in [1.165, 1.54) is 13.8 Å². The number of halogens is 12. The van der Waals surface area contributed by atoms with Gasteiger partial charge in [-0.25, -0.2) is 26.3 Å². The van der Waals surface area contributed by atoms with Crippen molar-refractivity contribution in [1.82, 2.24) is 50.3 Å². The van der Waals surface area contributed by atoms with E-state index in [1.807, 2.05) is 13.8 Å². The Morgan fingerprint density at radius 2 is 0.743 bits per heavy atom. The van der Waals surface area contributed by atoms with Crippen LogP contribution in [0.4, 0.5) is 64.1 Å². The van der Waals surface area contributed by atoms with Gasteiger partial charge in [-0.2, -0.15) is 26.3 Å². The summed E-state index contributed by atoms with van der Waals surface area (Å²) in [6, 6.07) is 18.6. The van der Waals surface area contributed by atoms with Gasteiger partial charge >= 0.3 is 54.5 Å². The summed E-state index contributed by atoms with van der Waals surface area (Å²) in [5.41, 5.74) is -3.28. The van der Waals surface area contributed by atoms with E-state index in [0.717, 1.165) is 42.5 Å². The van der Waals surface area contributed by atoms with Crippen LogP contribution in [0.2, 0.25) is 0 Å². The molecule has 0 aliphatic carbocycles. The third-order valence-corrected chi connectivity index (χ3v) is 11.0. The zero-order chi connectivity index (χ0) is 52.8. The summed E-state index contributed by atoms with van der Waals surface area (Å²) in [4.78, 5) is 27.5. The Balaban J connectivity index is 0.000000268. The Bertz CT molecular complexity index is 3300. The average Bonchev–Trinajstić information content (AvgIpc) is 4.01. The van der Waals surface area contributed by atoms with Crippen molar-refractivity contribution in [3.05, 3.63) is 155 Å². The molecular weight excluding hydrogens is 1360 g/mol. The second-order valence-corrected chi connectivity index (χ2v) is 17.3. The van der Waals surface area contributed by atoms with Gasteiger partial charge in [-0.15, -0.1) is 12.1 Å². The van der Waals surface area contributed by atoms with E-state index in [2.05, 4.69) is 62.4 Å². The maximum Gasteiger partial charge on any atom is 2.00 e. The van der Waals surface area contributed by atoms with Gasteiger partial charge in [0.15, 0.2) is 0 Å². The van der Waals surface area contributed by atoms with Crippen LogP contribution in [0.5, 0.6) is 0 Å². The molecule has 0 fully saturated rings. The zero-order valence-corrected chi connectivity index (χ0v) is 44.0. The van der Waals surface area contributed by atoms with Crippen LogP contribution in [0.25, 0.3) is 45.3 Å². The van der Waals surface area contributed by atoms with Gasteiger partial charge in [-0.05, 0) is 93.7 Å². The van der Waals surface area contributed by atoms with Crippen LogP contribution >= 0.6 is 0 Å². The summed E-state index contributed by atoms with van der Waals surface area (Å²) < 4.78 is 162. The molecule has 0 amide bonds. The minimum Gasteiger partial charge on any atom is -0.573 e.